The molecule has 0 aromatic heterocycles. The number of rotatable bonds is 4. The molecule has 2 unspecified atom stereocenters. The van der Waals surface area contributed by atoms with E-state index >= 15 is 0 Å². The van der Waals surface area contributed by atoms with Crippen LogP contribution >= 0.6 is 0 Å². The summed E-state index contributed by atoms with van der Waals surface area (Å²) in [5.74, 6) is -0.0478. The third-order valence-corrected chi connectivity index (χ3v) is 4.92. The van der Waals surface area contributed by atoms with E-state index in [2.05, 4.69) is 10.6 Å². The fourth-order valence-electron chi connectivity index (χ4n) is 2.62. The average Bonchev–Trinajstić information content (AvgIpc) is 2.39. The predicted octanol–water partition coefficient (Wildman–Crippen LogP) is -1.09. The van der Waals surface area contributed by atoms with Crippen LogP contribution in [-0.4, -0.2) is 69.8 Å². The number of ether oxygens (including phenoxy) is 1. The molecule has 1 amide bonds. The highest BCUT2D eigenvalue weighted by Crippen LogP contribution is 2.13. The summed E-state index contributed by atoms with van der Waals surface area (Å²) in [5, 5.41) is 6.16. The summed E-state index contributed by atoms with van der Waals surface area (Å²) in [6.07, 6.45) is 3.19. The van der Waals surface area contributed by atoms with Crippen molar-refractivity contribution in [2.45, 2.75) is 31.3 Å². The maximum absolute atomic E-state index is 12.0. The van der Waals surface area contributed by atoms with E-state index in [9.17, 15) is 13.2 Å². The maximum atomic E-state index is 12.0. The molecule has 2 N–H and O–H groups in total. The standard InChI is InChI=1S/C12H23N3O4S/c1-20(17,18)15-5-2-3-10(8-15)14-12(16)7-11-9-19-6-4-13-11/h10-11,13H,2-9H2,1H3,(H,14,16). The molecule has 0 bridgehead atoms. The first kappa shape index (κ1) is 15.7. The SMILES string of the molecule is CS(=O)(=O)N1CCCC(NC(=O)CC2COCCN2)C1. The molecule has 0 aliphatic carbocycles. The summed E-state index contributed by atoms with van der Waals surface area (Å²) in [5.41, 5.74) is 0. The Morgan fingerprint density at radius 3 is 2.95 bits per heavy atom. The monoisotopic (exact) mass is 305 g/mol. The van der Waals surface area contributed by atoms with Gasteiger partial charge in [-0.3, -0.25) is 4.79 Å². The van der Waals surface area contributed by atoms with Gasteiger partial charge in [-0.2, -0.15) is 0 Å². The Balaban J connectivity index is 1.78. The number of hydrogen-bond donors (Lipinski definition) is 2. The van der Waals surface area contributed by atoms with E-state index in [0.29, 0.717) is 32.7 Å². The first-order valence-corrected chi connectivity index (χ1v) is 8.85. The van der Waals surface area contributed by atoms with Gasteiger partial charge in [-0.15, -0.1) is 0 Å². The number of morpholine rings is 1. The van der Waals surface area contributed by atoms with Gasteiger partial charge in [0.2, 0.25) is 15.9 Å². The maximum Gasteiger partial charge on any atom is 0.221 e. The van der Waals surface area contributed by atoms with E-state index in [1.165, 1.54) is 10.6 Å². The molecular formula is C12H23N3O4S. The van der Waals surface area contributed by atoms with Crippen molar-refractivity contribution in [2.24, 2.45) is 0 Å². The molecule has 0 aromatic carbocycles. The molecule has 7 nitrogen and oxygen atoms in total. The van der Waals surface area contributed by atoms with Crippen LogP contribution < -0.4 is 10.6 Å². The summed E-state index contributed by atoms with van der Waals surface area (Å²) >= 11 is 0. The highest BCUT2D eigenvalue weighted by molar-refractivity contribution is 7.88. The molecule has 20 heavy (non-hydrogen) atoms. The zero-order chi connectivity index (χ0) is 14.6. The summed E-state index contributed by atoms with van der Waals surface area (Å²) in [7, 11) is -3.17. The molecular weight excluding hydrogens is 282 g/mol. The van der Waals surface area contributed by atoms with Crippen LogP contribution in [0, 0.1) is 0 Å². The lowest BCUT2D eigenvalue weighted by Crippen LogP contribution is -2.51. The minimum Gasteiger partial charge on any atom is -0.378 e. The molecule has 0 saturated carbocycles. The Labute approximate surface area is 120 Å². The molecule has 116 valence electrons. The molecule has 2 heterocycles. The zero-order valence-electron chi connectivity index (χ0n) is 11.8. The fraction of sp³-hybridized carbons (Fsp3) is 0.917. The highest BCUT2D eigenvalue weighted by atomic mass is 32.2. The number of nitrogens with zero attached hydrogens (tertiary/aromatic N) is 1. The van der Waals surface area contributed by atoms with Crippen LogP contribution in [0.15, 0.2) is 0 Å². The quantitative estimate of drug-likeness (QED) is 0.689. The molecule has 2 atom stereocenters. The third-order valence-electron chi connectivity index (χ3n) is 3.65. The van der Waals surface area contributed by atoms with Crippen molar-refractivity contribution < 1.29 is 17.9 Å². The van der Waals surface area contributed by atoms with Gasteiger partial charge < -0.3 is 15.4 Å². The molecule has 0 radical (unpaired) electrons. The van der Waals surface area contributed by atoms with Crippen molar-refractivity contribution in [3.05, 3.63) is 0 Å². The second-order valence-corrected chi connectivity index (χ2v) is 7.44. The second kappa shape index (κ2) is 6.84. The van der Waals surface area contributed by atoms with Crippen molar-refractivity contribution in [1.82, 2.24) is 14.9 Å². The zero-order valence-corrected chi connectivity index (χ0v) is 12.6. The van der Waals surface area contributed by atoms with Crippen LogP contribution in [0.25, 0.3) is 0 Å². The predicted molar refractivity (Wildman–Crippen MR) is 74.8 cm³/mol. The average molecular weight is 305 g/mol. The number of piperidine rings is 1. The fourth-order valence-corrected chi connectivity index (χ4v) is 3.53. The lowest BCUT2D eigenvalue weighted by Gasteiger charge is -2.32. The third kappa shape index (κ3) is 4.69. The van der Waals surface area contributed by atoms with E-state index in [4.69, 9.17) is 4.74 Å². The van der Waals surface area contributed by atoms with Gasteiger partial charge in [-0.25, -0.2) is 12.7 Å². The molecule has 2 saturated heterocycles. The van der Waals surface area contributed by atoms with Gasteiger partial charge in [0.05, 0.1) is 19.5 Å². The van der Waals surface area contributed by atoms with Gasteiger partial charge >= 0.3 is 0 Å². The van der Waals surface area contributed by atoms with Crippen molar-refractivity contribution in [3.8, 4) is 0 Å². The van der Waals surface area contributed by atoms with Crippen LogP contribution in [0.4, 0.5) is 0 Å². The normalized spacial score (nSPS) is 29.1. The second-order valence-electron chi connectivity index (χ2n) is 5.46. The van der Waals surface area contributed by atoms with Crippen molar-refractivity contribution >= 4 is 15.9 Å². The van der Waals surface area contributed by atoms with Crippen LogP contribution in [0.5, 0.6) is 0 Å². The summed E-state index contributed by atoms with van der Waals surface area (Å²) in [4.78, 5) is 12.0. The number of sulfonamides is 1. The topological polar surface area (TPSA) is 87.7 Å². The van der Waals surface area contributed by atoms with Gasteiger partial charge in [0, 0.05) is 38.1 Å². The van der Waals surface area contributed by atoms with E-state index in [1.807, 2.05) is 0 Å². The molecule has 0 spiro atoms. The smallest absolute Gasteiger partial charge is 0.221 e. The molecule has 2 aliphatic rings. The van der Waals surface area contributed by atoms with Crippen molar-refractivity contribution in [1.29, 1.82) is 0 Å². The van der Waals surface area contributed by atoms with Crippen molar-refractivity contribution in [2.75, 3.05) is 39.1 Å². The lowest BCUT2D eigenvalue weighted by molar-refractivity contribution is -0.123. The molecule has 2 fully saturated rings. The Hall–Kier alpha value is -0.700. The van der Waals surface area contributed by atoms with E-state index in [0.717, 1.165) is 19.4 Å². The van der Waals surface area contributed by atoms with Crippen molar-refractivity contribution in [3.63, 3.8) is 0 Å². The number of carbonyl (C=O) groups excluding carboxylic acids is 1. The Morgan fingerprint density at radius 1 is 1.50 bits per heavy atom. The van der Waals surface area contributed by atoms with Crippen LogP contribution in [-0.2, 0) is 19.6 Å². The van der Waals surface area contributed by atoms with E-state index in [1.54, 1.807) is 0 Å². The van der Waals surface area contributed by atoms with Gasteiger partial charge in [0.15, 0.2) is 0 Å². The molecule has 2 aliphatic heterocycles. The Morgan fingerprint density at radius 2 is 2.30 bits per heavy atom. The van der Waals surface area contributed by atoms with Gasteiger partial charge in [0.1, 0.15) is 0 Å². The summed E-state index contributed by atoms with van der Waals surface area (Å²) in [6, 6.07) is -0.0335. The lowest BCUT2D eigenvalue weighted by atomic mass is 10.1. The van der Waals surface area contributed by atoms with E-state index < -0.39 is 10.0 Å². The van der Waals surface area contributed by atoms with E-state index in [-0.39, 0.29) is 18.0 Å². The first-order valence-electron chi connectivity index (χ1n) is 7.01. The van der Waals surface area contributed by atoms with Crippen LogP contribution in [0.2, 0.25) is 0 Å². The highest BCUT2D eigenvalue weighted by Gasteiger charge is 2.27. The van der Waals surface area contributed by atoms with Crippen LogP contribution in [0.1, 0.15) is 19.3 Å². The summed E-state index contributed by atoms with van der Waals surface area (Å²) in [6.45, 7) is 2.92. The molecule has 0 aromatic rings. The number of carbonyl (C=O) groups is 1. The number of amides is 1. The first-order chi connectivity index (χ1) is 9.45. The number of nitrogens with one attached hydrogen (secondary N) is 2. The molecule has 2 rings (SSSR count). The Kier molecular flexibility index (Phi) is 5.36. The van der Waals surface area contributed by atoms with Gasteiger partial charge in [-0.1, -0.05) is 0 Å². The Bertz CT molecular complexity index is 434. The molecule has 8 heteroatoms. The van der Waals surface area contributed by atoms with Crippen LogP contribution in [0.3, 0.4) is 0 Å². The number of hydrogen-bond acceptors (Lipinski definition) is 5. The summed E-state index contributed by atoms with van der Waals surface area (Å²) < 4.78 is 29.8. The minimum absolute atomic E-state index is 0.0478. The minimum atomic E-state index is -3.17. The van der Waals surface area contributed by atoms with Gasteiger partial charge in [0.25, 0.3) is 0 Å². The van der Waals surface area contributed by atoms with Gasteiger partial charge in [-0.05, 0) is 12.8 Å². The largest absolute Gasteiger partial charge is 0.378 e.